The van der Waals surface area contributed by atoms with Crippen molar-refractivity contribution in [1.29, 1.82) is 5.26 Å². The molecule has 48 heavy (non-hydrogen) atoms. The maximum Gasteiger partial charge on any atom is 0.417 e. The van der Waals surface area contributed by atoms with Gasteiger partial charge in [-0.1, -0.05) is 17.9 Å². The molecule has 244 valence electrons. The maximum absolute atomic E-state index is 13.4. The summed E-state index contributed by atoms with van der Waals surface area (Å²) in [5.41, 5.74) is -1.72. The number of hydrogen-bond donors (Lipinski definition) is 2. The van der Waals surface area contributed by atoms with Crippen molar-refractivity contribution < 1.29 is 37.1 Å². The smallest absolute Gasteiger partial charge is 0.368 e. The summed E-state index contributed by atoms with van der Waals surface area (Å²) < 4.78 is 41.4. The van der Waals surface area contributed by atoms with Gasteiger partial charge in [-0.2, -0.15) is 23.5 Å². The van der Waals surface area contributed by atoms with Gasteiger partial charge >= 0.3 is 6.18 Å². The lowest BCUT2D eigenvalue weighted by molar-refractivity contribution is -0.138. The lowest BCUT2D eigenvalue weighted by Crippen LogP contribution is -2.54. The fourth-order valence-electron chi connectivity index (χ4n) is 5.75. The molecule has 3 aliphatic heterocycles. The van der Waals surface area contributed by atoms with Gasteiger partial charge in [0.15, 0.2) is 0 Å². The van der Waals surface area contributed by atoms with Crippen LogP contribution in [0.15, 0.2) is 48.8 Å². The van der Waals surface area contributed by atoms with Crippen LogP contribution in [0.3, 0.4) is 0 Å². The predicted molar refractivity (Wildman–Crippen MR) is 162 cm³/mol. The van der Waals surface area contributed by atoms with Crippen molar-refractivity contribution >= 4 is 40.9 Å². The van der Waals surface area contributed by atoms with Gasteiger partial charge in [-0.25, -0.2) is 0 Å². The molecule has 4 heterocycles. The summed E-state index contributed by atoms with van der Waals surface area (Å²) in [6.45, 7) is 3.98. The van der Waals surface area contributed by atoms with Crippen LogP contribution < -0.4 is 15.5 Å². The van der Waals surface area contributed by atoms with E-state index in [4.69, 9.17) is 5.26 Å². The molecule has 2 N–H and O–H groups in total. The third-order valence-electron chi connectivity index (χ3n) is 8.50. The molecule has 1 aromatic heterocycles. The van der Waals surface area contributed by atoms with Crippen LogP contribution in [-0.4, -0.2) is 63.3 Å². The highest BCUT2D eigenvalue weighted by Gasteiger charge is 2.46. The van der Waals surface area contributed by atoms with Crippen LogP contribution in [0.1, 0.15) is 64.1 Å². The minimum atomic E-state index is -4.77. The number of alkyl halides is 3. The van der Waals surface area contributed by atoms with E-state index in [1.807, 2.05) is 4.90 Å². The van der Waals surface area contributed by atoms with E-state index in [1.54, 1.807) is 18.3 Å². The number of nitriles is 1. The number of benzene rings is 2. The monoisotopic (exact) mass is 657 g/mol. The molecular formula is C33H26F3N7O5. The van der Waals surface area contributed by atoms with E-state index in [0.29, 0.717) is 30.4 Å². The van der Waals surface area contributed by atoms with Gasteiger partial charge in [-0.15, -0.1) is 0 Å². The Hall–Kier alpha value is -5.96. The number of halogens is 3. The molecule has 3 aliphatic rings. The van der Waals surface area contributed by atoms with Gasteiger partial charge in [0.1, 0.15) is 11.6 Å². The van der Waals surface area contributed by atoms with E-state index >= 15 is 0 Å². The van der Waals surface area contributed by atoms with E-state index < -0.39 is 58.4 Å². The molecule has 6 rings (SSSR count). The number of anilines is 2. The van der Waals surface area contributed by atoms with Crippen LogP contribution in [0.25, 0.3) is 0 Å². The van der Waals surface area contributed by atoms with Gasteiger partial charge in [0, 0.05) is 31.4 Å². The van der Waals surface area contributed by atoms with Crippen molar-refractivity contribution in [2.75, 3.05) is 23.3 Å². The van der Waals surface area contributed by atoms with Crippen LogP contribution in [0.5, 0.6) is 0 Å². The Kier molecular flexibility index (Phi) is 7.79. The summed E-state index contributed by atoms with van der Waals surface area (Å²) in [4.78, 5) is 66.4. The summed E-state index contributed by atoms with van der Waals surface area (Å²) in [5, 5.41) is 17.9. The summed E-state index contributed by atoms with van der Waals surface area (Å²) >= 11 is 0. The van der Waals surface area contributed by atoms with Gasteiger partial charge in [0.05, 0.1) is 51.7 Å². The zero-order valence-corrected chi connectivity index (χ0v) is 25.5. The van der Waals surface area contributed by atoms with Crippen molar-refractivity contribution in [1.82, 2.24) is 20.0 Å². The molecule has 2 saturated heterocycles. The second-order valence-corrected chi connectivity index (χ2v) is 12.1. The predicted octanol–water partition coefficient (Wildman–Crippen LogP) is 3.04. The van der Waals surface area contributed by atoms with Crippen molar-refractivity contribution in [3.8, 4) is 17.9 Å². The fourth-order valence-corrected chi connectivity index (χ4v) is 5.75. The molecule has 1 atom stereocenters. The number of rotatable bonds is 5. The lowest BCUT2D eigenvalue weighted by atomic mass is 9.97. The highest BCUT2D eigenvalue weighted by Crippen LogP contribution is 2.37. The Morgan fingerprint density at radius 2 is 1.83 bits per heavy atom. The number of nitrogens with zero attached hydrogens (tertiary/aromatic N) is 5. The number of carbonyl (C=O) groups excluding carboxylic acids is 5. The van der Waals surface area contributed by atoms with E-state index in [0.717, 1.165) is 11.0 Å². The van der Waals surface area contributed by atoms with Gasteiger partial charge in [-0.05, 0) is 50.6 Å². The molecular weight excluding hydrogens is 631 g/mol. The minimum absolute atomic E-state index is 0.0253. The Balaban J connectivity index is 1.11. The molecule has 0 saturated carbocycles. The average Bonchev–Trinajstić information content (AvgIpc) is 3.59. The highest BCUT2D eigenvalue weighted by molar-refractivity contribution is 6.25. The number of hydrogen-bond acceptors (Lipinski definition) is 8. The zero-order chi connectivity index (χ0) is 34.5. The summed E-state index contributed by atoms with van der Waals surface area (Å²) in [7, 11) is 0. The second-order valence-electron chi connectivity index (χ2n) is 12.1. The first-order valence-electron chi connectivity index (χ1n) is 14.8. The Bertz CT molecular complexity index is 2010. The lowest BCUT2D eigenvalue weighted by Gasteiger charge is -2.39. The van der Waals surface area contributed by atoms with Gasteiger partial charge < -0.3 is 10.2 Å². The van der Waals surface area contributed by atoms with Crippen LogP contribution in [0.4, 0.5) is 24.5 Å². The molecule has 0 radical (unpaired) electrons. The molecule has 2 fully saturated rings. The molecule has 0 bridgehead atoms. The quantitative estimate of drug-likeness (QED) is 0.313. The number of carbonyl (C=O) groups is 5. The topological polar surface area (TPSA) is 158 Å². The van der Waals surface area contributed by atoms with E-state index in [2.05, 4.69) is 27.6 Å². The third-order valence-corrected chi connectivity index (χ3v) is 8.50. The van der Waals surface area contributed by atoms with Crippen molar-refractivity contribution in [3.05, 3.63) is 76.6 Å². The molecule has 0 spiro atoms. The number of piperidine rings is 1. The molecule has 3 aromatic rings. The molecule has 0 aliphatic carbocycles. The van der Waals surface area contributed by atoms with Gasteiger partial charge in [0.2, 0.25) is 11.8 Å². The fraction of sp³-hybridized carbons (Fsp3) is 0.303. The first-order chi connectivity index (χ1) is 22.7. The average molecular weight is 658 g/mol. The first-order valence-corrected chi connectivity index (χ1v) is 14.8. The molecule has 1 unspecified atom stereocenters. The van der Waals surface area contributed by atoms with E-state index in [1.165, 1.54) is 42.9 Å². The number of imide groups is 2. The minimum Gasteiger partial charge on any atom is -0.368 e. The summed E-state index contributed by atoms with van der Waals surface area (Å²) in [6.07, 6.45) is -1.69. The number of aromatic nitrogens is 2. The SMILES string of the molecule is CC(C)(C(=O)Nc1ccc(C#N)c(C(F)(F)F)c1)n1cc(C#CC2CN(c3cccc4c3C(=O)N(C3CCC(=O)NC3=O)C4=O)C2)cn1. The van der Waals surface area contributed by atoms with E-state index in [-0.39, 0.29) is 35.6 Å². The van der Waals surface area contributed by atoms with Crippen LogP contribution in [-0.2, 0) is 26.1 Å². The maximum atomic E-state index is 13.4. The standard InChI is InChI=1S/C33H26F3N7O5/c1-32(2,31(48)39-21-9-8-20(13-37)23(12-21)33(34,35)36)42-17-18(14-38-42)6-7-19-15-41(16-19)24-5-3-4-22-27(24)30(47)43(29(22)46)25-10-11-26(44)40-28(25)45/h3-5,8-9,12,14,17,19,25H,10-11,15-16H2,1-2H3,(H,39,48)(H,40,44,45). The molecule has 15 heteroatoms. The first kappa shape index (κ1) is 32.0. The number of amides is 5. The van der Waals surface area contributed by atoms with Crippen molar-refractivity contribution in [3.63, 3.8) is 0 Å². The third kappa shape index (κ3) is 5.64. The molecule has 12 nitrogen and oxygen atoms in total. The molecule has 5 amide bonds. The summed E-state index contributed by atoms with van der Waals surface area (Å²) in [6, 6.07) is 8.27. The second kappa shape index (κ2) is 11.7. The zero-order valence-electron chi connectivity index (χ0n) is 25.5. The van der Waals surface area contributed by atoms with Crippen molar-refractivity contribution in [2.24, 2.45) is 5.92 Å². The van der Waals surface area contributed by atoms with E-state index in [9.17, 15) is 37.1 Å². The largest absolute Gasteiger partial charge is 0.417 e. The van der Waals surface area contributed by atoms with Crippen LogP contribution in [0, 0.1) is 29.1 Å². The van der Waals surface area contributed by atoms with Crippen LogP contribution in [0.2, 0.25) is 0 Å². The van der Waals surface area contributed by atoms with Crippen LogP contribution >= 0.6 is 0 Å². The number of nitrogens with one attached hydrogen (secondary N) is 2. The summed E-state index contributed by atoms with van der Waals surface area (Å²) in [5.74, 6) is 3.10. The Labute approximate surface area is 271 Å². The van der Waals surface area contributed by atoms with Gasteiger partial charge in [-0.3, -0.25) is 38.9 Å². The van der Waals surface area contributed by atoms with Crippen molar-refractivity contribution in [2.45, 2.75) is 44.4 Å². The Morgan fingerprint density at radius 1 is 1.08 bits per heavy atom. The normalized spacial score (nSPS) is 18.0. The highest BCUT2D eigenvalue weighted by atomic mass is 19.4. The molecule has 2 aromatic carbocycles. The number of fused-ring (bicyclic) bond motifs is 1. The Morgan fingerprint density at radius 3 is 2.52 bits per heavy atom. The van der Waals surface area contributed by atoms with Gasteiger partial charge in [0.25, 0.3) is 17.7 Å².